The average molecular weight is 488 g/mol. The van der Waals surface area contributed by atoms with E-state index in [9.17, 15) is 14.4 Å². The highest BCUT2D eigenvalue weighted by Crippen LogP contribution is 2.39. The summed E-state index contributed by atoms with van der Waals surface area (Å²) in [4.78, 5) is 40.0. The Kier molecular flexibility index (Phi) is 7.87. The number of hydrogen-bond acceptors (Lipinski definition) is 4. The first-order valence-electron chi connectivity index (χ1n) is 11.7. The van der Waals surface area contributed by atoms with Gasteiger partial charge in [0.25, 0.3) is 11.8 Å². The van der Waals surface area contributed by atoms with E-state index < -0.39 is 0 Å². The Morgan fingerprint density at radius 1 is 0.971 bits per heavy atom. The number of hydrogen-bond donors (Lipinski definition) is 2. The van der Waals surface area contributed by atoms with E-state index in [1.54, 1.807) is 48.2 Å². The maximum absolute atomic E-state index is 12.9. The normalized spacial score (nSPS) is 16.1. The minimum absolute atomic E-state index is 0.0422. The smallest absolute Gasteiger partial charge is 0.255 e. The SMILES string of the molecule is CC[C@H](C)NC(=O)c1ccccc1NC(=O)c1ccc([C@H]2SCC(=O)N2Cc2ccccc2)cc1. The summed E-state index contributed by atoms with van der Waals surface area (Å²) in [6.07, 6.45) is 0.820. The number of carbonyl (C=O) groups excluding carboxylic acids is 3. The van der Waals surface area contributed by atoms with E-state index in [-0.39, 0.29) is 29.1 Å². The van der Waals surface area contributed by atoms with Crippen LogP contribution in [0.25, 0.3) is 0 Å². The molecule has 6 nitrogen and oxygen atoms in total. The molecule has 4 rings (SSSR count). The second kappa shape index (κ2) is 11.2. The number of anilines is 1. The van der Waals surface area contributed by atoms with Gasteiger partial charge in [0.1, 0.15) is 5.37 Å². The first kappa shape index (κ1) is 24.5. The van der Waals surface area contributed by atoms with Crippen molar-refractivity contribution in [3.05, 3.63) is 101 Å². The molecule has 1 aliphatic heterocycles. The van der Waals surface area contributed by atoms with Gasteiger partial charge in [-0.05, 0) is 48.7 Å². The van der Waals surface area contributed by atoms with Crippen LogP contribution in [0.5, 0.6) is 0 Å². The third-order valence-electron chi connectivity index (χ3n) is 6.03. The van der Waals surface area contributed by atoms with Crippen LogP contribution in [0.15, 0.2) is 78.9 Å². The van der Waals surface area contributed by atoms with Crippen molar-refractivity contribution in [1.82, 2.24) is 10.2 Å². The lowest BCUT2D eigenvalue weighted by Crippen LogP contribution is -2.32. The fourth-order valence-electron chi connectivity index (χ4n) is 3.87. The zero-order valence-electron chi connectivity index (χ0n) is 19.9. The van der Waals surface area contributed by atoms with Gasteiger partial charge in [0.2, 0.25) is 5.91 Å². The minimum atomic E-state index is -0.295. The van der Waals surface area contributed by atoms with Gasteiger partial charge in [0.05, 0.1) is 17.0 Å². The number of para-hydroxylation sites is 1. The third-order valence-corrected chi connectivity index (χ3v) is 7.29. The Morgan fingerprint density at radius 3 is 2.37 bits per heavy atom. The van der Waals surface area contributed by atoms with Crippen LogP contribution in [0, 0.1) is 0 Å². The third kappa shape index (κ3) is 5.92. The van der Waals surface area contributed by atoms with Gasteiger partial charge in [0, 0.05) is 18.2 Å². The monoisotopic (exact) mass is 487 g/mol. The molecule has 0 unspecified atom stereocenters. The van der Waals surface area contributed by atoms with Crippen LogP contribution >= 0.6 is 11.8 Å². The second-order valence-corrected chi connectivity index (χ2v) is 9.64. The quantitative estimate of drug-likeness (QED) is 0.455. The molecule has 0 saturated carbocycles. The number of thioether (sulfide) groups is 1. The molecule has 0 radical (unpaired) electrons. The van der Waals surface area contributed by atoms with Gasteiger partial charge >= 0.3 is 0 Å². The summed E-state index contributed by atoms with van der Waals surface area (Å²) in [7, 11) is 0. The van der Waals surface area contributed by atoms with Gasteiger partial charge in [-0.25, -0.2) is 0 Å². The van der Waals surface area contributed by atoms with Gasteiger partial charge in [-0.1, -0.05) is 61.5 Å². The van der Waals surface area contributed by atoms with Crippen LogP contribution in [0.3, 0.4) is 0 Å². The van der Waals surface area contributed by atoms with Crippen LogP contribution in [-0.4, -0.2) is 34.4 Å². The molecule has 0 aliphatic carbocycles. The van der Waals surface area contributed by atoms with Crippen molar-refractivity contribution >= 4 is 35.2 Å². The summed E-state index contributed by atoms with van der Waals surface area (Å²) in [5.74, 6) is 0.0384. The molecule has 1 aliphatic rings. The maximum Gasteiger partial charge on any atom is 0.255 e. The number of amides is 3. The number of carbonyl (C=O) groups is 3. The Morgan fingerprint density at radius 2 is 1.66 bits per heavy atom. The molecule has 2 N–H and O–H groups in total. The standard InChI is InChI=1S/C28H29N3O3S/c1-3-19(2)29-27(34)23-11-7-8-12-24(23)30-26(33)21-13-15-22(16-14-21)28-31(25(32)18-35-28)17-20-9-5-4-6-10-20/h4-16,19,28H,3,17-18H2,1-2H3,(H,29,34)(H,30,33)/t19-,28+/m0/s1. The molecule has 0 spiro atoms. The molecule has 1 saturated heterocycles. The Balaban J connectivity index is 1.46. The van der Waals surface area contributed by atoms with Crippen LogP contribution in [0.1, 0.15) is 57.5 Å². The highest BCUT2D eigenvalue weighted by atomic mass is 32.2. The molecule has 7 heteroatoms. The number of nitrogens with zero attached hydrogens (tertiary/aromatic N) is 1. The second-order valence-electron chi connectivity index (χ2n) is 8.58. The van der Waals surface area contributed by atoms with E-state index in [1.165, 1.54) is 0 Å². The van der Waals surface area contributed by atoms with Crippen molar-refractivity contribution < 1.29 is 14.4 Å². The molecular formula is C28H29N3O3S. The van der Waals surface area contributed by atoms with Crippen molar-refractivity contribution in [3.8, 4) is 0 Å². The highest BCUT2D eigenvalue weighted by Gasteiger charge is 2.32. The topological polar surface area (TPSA) is 78.5 Å². The van der Waals surface area contributed by atoms with Crippen molar-refractivity contribution in [2.75, 3.05) is 11.1 Å². The Hall–Kier alpha value is -3.58. The summed E-state index contributed by atoms with van der Waals surface area (Å²) in [6, 6.07) is 24.3. The molecule has 1 heterocycles. The molecular weight excluding hydrogens is 458 g/mol. The number of nitrogens with one attached hydrogen (secondary N) is 2. The fourth-order valence-corrected chi connectivity index (χ4v) is 5.06. The van der Waals surface area contributed by atoms with E-state index in [4.69, 9.17) is 0 Å². The molecule has 1 fully saturated rings. The van der Waals surface area contributed by atoms with E-state index in [2.05, 4.69) is 10.6 Å². The molecule has 35 heavy (non-hydrogen) atoms. The van der Waals surface area contributed by atoms with E-state index in [0.717, 1.165) is 17.5 Å². The molecule has 0 bridgehead atoms. The molecule has 180 valence electrons. The first-order valence-corrected chi connectivity index (χ1v) is 12.8. The summed E-state index contributed by atoms with van der Waals surface area (Å²) in [5.41, 5.74) is 3.43. The average Bonchev–Trinajstić information content (AvgIpc) is 3.24. The van der Waals surface area contributed by atoms with Crippen LogP contribution in [0.4, 0.5) is 5.69 Å². The van der Waals surface area contributed by atoms with E-state index in [0.29, 0.717) is 29.1 Å². The Bertz CT molecular complexity index is 1200. The van der Waals surface area contributed by atoms with Gasteiger partial charge in [-0.15, -0.1) is 11.8 Å². The summed E-state index contributed by atoms with van der Waals surface area (Å²) in [6.45, 7) is 4.50. The van der Waals surface area contributed by atoms with Crippen LogP contribution in [-0.2, 0) is 11.3 Å². The van der Waals surface area contributed by atoms with Crippen molar-refractivity contribution in [2.24, 2.45) is 0 Å². The predicted molar refractivity (Wildman–Crippen MR) is 140 cm³/mol. The zero-order valence-corrected chi connectivity index (χ0v) is 20.7. The van der Waals surface area contributed by atoms with Crippen LogP contribution in [0.2, 0.25) is 0 Å². The molecule has 2 atom stereocenters. The fraction of sp³-hybridized carbons (Fsp3) is 0.250. The van der Waals surface area contributed by atoms with Crippen molar-refractivity contribution in [3.63, 3.8) is 0 Å². The first-order chi connectivity index (χ1) is 17.0. The molecule has 0 aromatic heterocycles. The summed E-state index contributed by atoms with van der Waals surface area (Å²) in [5, 5.41) is 5.71. The number of benzene rings is 3. The molecule has 3 aromatic rings. The summed E-state index contributed by atoms with van der Waals surface area (Å²) < 4.78 is 0. The van der Waals surface area contributed by atoms with Gasteiger partial charge < -0.3 is 15.5 Å². The van der Waals surface area contributed by atoms with Crippen molar-refractivity contribution in [2.45, 2.75) is 38.2 Å². The van der Waals surface area contributed by atoms with Crippen LogP contribution < -0.4 is 10.6 Å². The summed E-state index contributed by atoms with van der Waals surface area (Å²) >= 11 is 1.59. The Labute approximate surface area is 210 Å². The maximum atomic E-state index is 12.9. The minimum Gasteiger partial charge on any atom is -0.350 e. The van der Waals surface area contributed by atoms with E-state index >= 15 is 0 Å². The van der Waals surface area contributed by atoms with Crippen molar-refractivity contribution in [1.29, 1.82) is 0 Å². The van der Waals surface area contributed by atoms with Gasteiger partial charge in [-0.2, -0.15) is 0 Å². The lowest BCUT2D eigenvalue weighted by Gasteiger charge is -2.24. The molecule has 3 amide bonds. The van der Waals surface area contributed by atoms with Gasteiger partial charge in [0.15, 0.2) is 0 Å². The molecule has 3 aromatic carbocycles. The number of rotatable bonds is 8. The lowest BCUT2D eigenvalue weighted by molar-refractivity contribution is -0.128. The largest absolute Gasteiger partial charge is 0.350 e. The predicted octanol–water partition coefficient (Wildman–Crippen LogP) is 5.24. The highest BCUT2D eigenvalue weighted by molar-refractivity contribution is 8.00. The van der Waals surface area contributed by atoms with Gasteiger partial charge in [-0.3, -0.25) is 14.4 Å². The van der Waals surface area contributed by atoms with E-state index in [1.807, 2.05) is 61.2 Å². The zero-order chi connectivity index (χ0) is 24.8. The lowest BCUT2D eigenvalue weighted by atomic mass is 10.1.